The first-order chi connectivity index (χ1) is 8.05. The molecule has 1 aromatic rings. The van der Waals surface area contributed by atoms with Gasteiger partial charge in [-0.3, -0.25) is 0 Å². The van der Waals surface area contributed by atoms with Gasteiger partial charge < -0.3 is 0 Å². The van der Waals surface area contributed by atoms with Crippen LogP contribution >= 0.6 is 21.8 Å². The van der Waals surface area contributed by atoms with E-state index < -0.39 is 5.57 Å². The third-order valence-electron chi connectivity index (χ3n) is 5.32. The Hall–Kier alpha value is 0.167. The molecule has 1 aromatic carbocycles. The summed E-state index contributed by atoms with van der Waals surface area (Å²) < 4.78 is 0. The van der Waals surface area contributed by atoms with E-state index in [0.29, 0.717) is 11.0 Å². The topological polar surface area (TPSA) is 0 Å². The molecule has 102 valence electrons. The van der Waals surface area contributed by atoms with Crippen molar-refractivity contribution in [3.8, 4) is 0 Å². The summed E-state index contributed by atoms with van der Waals surface area (Å²) in [6.07, 6.45) is 0. The van der Waals surface area contributed by atoms with Gasteiger partial charge in [-0.05, 0) is 21.6 Å². The first-order valence-electron chi connectivity index (χ1n) is 6.79. The lowest BCUT2D eigenvalue weighted by Crippen LogP contribution is -2.54. The molecule has 0 saturated carbocycles. The number of hydrogen-bond acceptors (Lipinski definition) is 0. The van der Waals surface area contributed by atoms with Crippen LogP contribution in [0.25, 0.3) is 0 Å². The van der Waals surface area contributed by atoms with Crippen LogP contribution in [0.4, 0.5) is 0 Å². The van der Waals surface area contributed by atoms with Gasteiger partial charge in [0, 0.05) is 0 Å². The lowest BCUT2D eigenvalue weighted by molar-refractivity contribution is 0.448. The van der Waals surface area contributed by atoms with Crippen LogP contribution in [0, 0.1) is 5.92 Å². The van der Waals surface area contributed by atoms with Gasteiger partial charge in [0.15, 0.2) is 0 Å². The van der Waals surface area contributed by atoms with Crippen LogP contribution in [0.2, 0.25) is 11.6 Å². The van der Waals surface area contributed by atoms with Crippen molar-refractivity contribution >= 4 is 27.4 Å². The zero-order chi connectivity index (χ0) is 14.2. The maximum Gasteiger partial charge on any atom is 0.138 e. The minimum absolute atomic E-state index is 0.280. The predicted molar refractivity (Wildman–Crippen MR) is 94.0 cm³/mol. The van der Waals surface area contributed by atoms with Crippen LogP contribution in [0.15, 0.2) is 30.3 Å². The molecule has 0 N–H and O–H groups in total. The fourth-order valence-electron chi connectivity index (χ4n) is 2.47. The number of halogens is 1. The Bertz CT molecular complexity index is 391. The molecule has 0 heterocycles. The van der Waals surface area contributed by atoms with Crippen LogP contribution in [0.3, 0.4) is 0 Å². The van der Waals surface area contributed by atoms with Crippen LogP contribution in [-0.4, -0.2) is 5.57 Å². The van der Waals surface area contributed by atoms with Crippen molar-refractivity contribution in [3.05, 3.63) is 35.9 Å². The van der Waals surface area contributed by atoms with E-state index in [1.807, 2.05) is 0 Å². The van der Waals surface area contributed by atoms with Gasteiger partial charge in [0.2, 0.25) is 0 Å². The van der Waals surface area contributed by atoms with E-state index in [9.17, 15) is 0 Å². The molecule has 0 bridgehead atoms. The smallest absolute Gasteiger partial charge is 0.117 e. The molecule has 0 aromatic heterocycles. The molecule has 1 rings (SSSR count). The molecule has 0 aliphatic rings. The van der Waals surface area contributed by atoms with Crippen molar-refractivity contribution in [2.24, 2.45) is 5.92 Å². The van der Waals surface area contributed by atoms with Gasteiger partial charge in [-0.25, -0.2) is 0 Å². The zero-order valence-corrected chi connectivity index (χ0v) is 16.0. The highest BCUT2D eigenvalue weighted by atomic mass is 127. The fraction of sp³-hybridized carbons (Fsp3) is 0.625. The second kappa shape index (κ2) is 5.27. The van der Waals surface area contributed by atoms with Crippen molar-refractivity contribution in [1.29, 1.82) is 0 Å². The number of rotatable bonds is 4. The Labute approximate surface area is 127 Å². The van der Waals surface area contributed by atoms with Crippen molar-refractivity contribution < 1.29 is 0 Å². The fourth-order valence-corrected chi connectivity index (χ4v) is 8.68. The normalized spacial score (nSPS) is 16.7. The van der Waals surface area contributed by atoms with Gasteiger partial charge >= 0.3 is 0 Å². The molecule has 18 heavy (non-hydrogen) atoms. The summed E-state index contributed by atoms with van der Waals surface area (Å²) in [5.74, 6) is 0.717. The summed E-state index contributed by atoms with van der Waals surface area (Å²) in [5.41, 5.74) is -0.00424. The van der Waals surface area contributed by atoms with Gasteiger partial charge in [-0.2, -0.15) is 0 Å². The van der Waals surface area contributed by atoms with Gasteiger partial charge in [-0.15, -0.1) is 21.8 Å². The van der Waals surface area contributed by atoms with Gasteiger partial charge in [0.1, 0.15) is 5.57 Å². The molecule has 0 aliphatic carbocycles. The molecule has 0 saturated heterocycles. The second-order valence-corrected chi connectivity index (χ2v) is 17.9. The van der Waals surface area contributed by atoms with E-state index in [1.165, 1.54) is 5.56 Å². The molecule has 0 fully saturated rings. The Kier molecular flexibility index (Phi) is 4.75. The van der Waals surface area contributed by atoms with E-state index in [0.717, 1.165) is 0 Å². The second-order valence-electron chi connectivity index (χ2n) is 6.87. The largest absolute Gasteiger partial charge is 0.138 e. The quantitative estimate of drug-likeness (QED) is 0.347. The van der Waals surface area contributed by atoms with Crippen LogP contribution in [0.5, 0.6) is 0 Å². The summed E-state index contributed by atoms with van der Waals surface area (Å²) in [5, 5.41) is 0.690. The van der Waals surface area contributed by atoms with Crippen molar-refractivity contribution in [3.63, 3.8) is 0 Å². The van der Waals surface area contributed by atoms with E-state index in [-0.39, 0.29) is 5.04 Å². The first kappa shape index (κ1) is 16.2. The number of benzene rings is 1. The summed E-state index contributed by atoms with van der Waals surface area (Å²) in [4.78, 5) is 0. The minimum Gasteiger partial charge on any atom is -0.117 e. The molecule has 0 amide bonds. The lowest BCUT2D eigenvalue weighted by Gasteiger charge is -2.51. The van der Waals surface area contributed by atoms with Crippen molar-refractivity contribution in [2.75, 3.05) is 0 Å². The Balaban J connectivity index is 3.27. The maximum atomic E-state index is 2.82. The molecular weight excluding hydrogens is 347 g/mol. The molecule has 0 nitrogen and oxygen atoms in total. The van der Waals surface area contributed by atoms with E-state index >= 15 is 0 Å². The van der Waals surface area contributed by atoms with E-state index in [2.05, 4.69) is 100 Å². The molecule has 0 radical (unpaired) electrons. The summed E-state index contributed by atoms with van der Waals surface area (Å²) in [7, 11) is 0. The standard InChI is InChI=1S/C16H27ISi/c1-13(2)15(3,4)18(7,17)16(5,6)14-11-9-8-10-12-14/h8-13H,1-7H3. The molecule has 1 atom stereocenters. The summed E-state index contributed by atoms with van der Waals surface area (Å²) in [6.45, 7) is 17.1. The predicted octanol–water partition coefficient (Wildman–Crippen LogP) is 5.95. The lowest BCUT2D eigenvalue weighted by atomic mass is 9.98. The van der Waals surface area contributed by atoms with E-state index in [4.69, 9.17) is 0 Å². The van der Waals surface area contributed by atoms with Crippen molar-refractivity contribution in [2.45, 2.75) is 58.2 Å². The Morgan fingerprint density at radius 2 is 1.44 bits per heavy atom. The van der Waals surface area contributed by atoms with Crippen LogP contribution < -0.4 is 0 Å². The third kappa shape index (κ3) is 2.55. The third-order valence-corrected chi connectivity index (χ3v) is 19.2. The molecule has 1 unspecified atom stereocenters. The Morgan fingerprint density at radius 3 is 1.83 bits per heavy atom. The van der Waals surface area contributed by atoms with Gasteiger partial charge in [0.25, 0.3) is 0 Å². The first-order valence-corrected chi connectivity index (χ1v) is 12.4. The average Bonchev–Trinajstić information content (AvgIpc) is 2.29. The summed E-state index contributed by atoms with van der Waals surface area (Å²) in [6, 6.07) is 11.0. The SMILES string of the molecule is CC(C)C(C)(C)[Si](C)(I)C(C)(C)c1ccccc1. The molecule has 0 spiro atoms. The zero-order valence-electron chi connectivity index (χ0n) is 12.8. The summed E-state index contributed by atoms with van der Waals surface area (Å²) >= 11 is 2.82. The minimum atomic E-state index is -1.49. The van der Waals surface area contributed by atoms with E-state index in [1.54, 1.807) is 0 Å². The molecular formula is C16H27ISi. The number of hydrogen-bond donors (Lipinski definition) is 0. The monoisotopic (exact) mass is 374 g/mol. The molecule has 2 heteroatoms. The maximum absolute atomic E-state index is 2.82. The Morgan fingerprint density at radius 1 is 1.00 bits per heavy atom. The van der Waals surface area contributed by atoms with Gasteiger partial charge in [0.05, 0.1) is 0 Å². The van der Waals surface area contributed by atoms with Crippen LogP contribution in [-0.2, 0) is 5.04 Å². The van der Waals surface area contributed by atoms with Gasteiger partial charge in [-0.1, -0.05) is 78.4 Å². The average molecular weight is 374 g/mol. The van der Waals surface area contributed by atoms with Crippen LogP contribution in [0.1, 0.15) is 47.1 Å². The molecule has 0 aliphatic heterocycles. The van der Waals surface area contributed by atoms with Crippen molar-refractivity contribution in [1.82, 2.24) is 0 Å². The highest BCUT2D eigenvalue weighted by molar-refractivity contribution is 14.1. The highest BCUT2D eigenvalue weighted by Crippen LogP contribution is 2.56. The highest BCUT2D eigenvalue weighted by Gasteiger charge is 2.53.